The summed E-state index contributed by atoms with van der Waals surface area (Å²) in [6.07, 6.45) is 0. The van der Waals surface area contributed by atoms with Gasteiger partial charge in [0.2, 0.25) is 5.95 Å². The highest BCUT2D eigenvalue weighted by molar-refractivity contribution is 6.31. The van der Waals surface area contributed by atoms with Crippen molar-refractivity contribution in [2.45, 2.75) is 33.2 Å². The number of aromatic nitrogens is 2. The lowest BCUT2D eigenvalue weighted by molar-refractivity contribution is 0.783. The molecular formula is C16H21ClN4. The molecule has 1 heterocycles. The van der Waals surface area contributed by atoms with E-state index in [9.17, 15) is 0 Å². The van der Waals surface area contributed by atoms with E-state index >= 15 is 0 Å². The van der Waals surface area contributed by atoms with Crippen LogP contribution in [0.3, 0.4) is 0 Å². The minimum absolute atomic E-state index is 0.370. The molecule has 0 fully saturated rings. The zero-order valence-electron chi connectivity index (χ0n) is 12.9. The first-order valence-corrected chi connectivity index (χ1v) is 7.35. The lowest BCUT2D eigenvalue weighted by Gasteiger charge is -2.20. The average Bonchev–Trinajstić information content (AvgIpc) is 2.42. The van der Waals surface area contributed by atoms with Crippen LogP contribution in [0.25, 0.3) is 0 Å². The first kappa shape index (κ1) is 15.6. The van der Waals surface area contributed by atoms with Crippen molar-refractivity contribution < 1.29 is 0 Å². The third-order valence-corrected chi connectivity index (χ3v) is 3.64. The fraction of sp³-hybridized carbons (Fsp3) is 0.375. The van der Waals surface area contributed by atoms with Gasteiger partial charge in [-0.05, 0) is 42.7 Å². The number of rotatable bonds is 4. The Hall–Kier alpha value is -1.81. The molecule has 0 spiro atoms. The Morgan fingerprint density at radius 2 is 1.95 bits per heavy atom. The molecule has 0 amide bonds. The second-order valence-electron chi connectivity index (χ2n) is 5.60. The van der Waals surface area contributed by atoms with Crippen LogP contribution >= 0.6 is 11.6 Å². The lowest BCUT2D eigenvalue weighted by Crippen LogP contribution is -2.20. The normalized spacial score (nSPS) is 11.0. The number of nitrogens with two attached hydrogens (primary N) is 1. The van der Waals surface area contributed by atoms with Crippen LogP contribution < -0.4 is 10.6 Å². The van der Waals surface area contributed by atoms with E-state index in [0.717, 1.165) is 17.0 Å². The molecule has 2 N–H and O–H groups in total. The maximum atomic E-state index is 6.22. The lowest BCUT2D eigenvalue weighted by atomic mass is 10.1. The van der Waals surface area contributed by atoms with Crippen LogP contribution in [0, 0.1) is 6.92 Å². The third kappa shape index (κ3) is 3.85. The minimum Gasteiger partial charge on any atom is -0.399 e. The van der Waals surface area contributed by atoms with Crippen molar-refractivity contribution in [2.24, 2.45) is 0 Å². The van der Waals surface area contributed by atoms with Crippen LogP contribution in [0.1, 0.15) is 36.7 Å². The van der Waals surface area contributed by atoms with Gasteiger partial charge in [-0.1, -0.05) is 25.4 Å². The molecule has 5 heteroatoms. The molecule has 0 bridgehead atoms. The predicted octanol–water partition coefficient (Wildman–Crippen LogP) is 3.78. The molecule has 2 aromatic rings. The number of nitrogens with zero attached hydrogens (tertiary/aromatic N) is 3. The molecule has 1 aromatic heterocycles. The van der Waals surface area contributed by atoms with Gasteiger partial charge in [-0.3, -0.25) is 0 Å². The molecular weight excluding hydrogens is 284 g/mol. The minimum atomic E-state index is 0.370. The van der Waals surface area contributed by atoms with Crippen molar-refractivity contribution >= 4 is 23.2 Å². The molecule has 0 saturated carbocycles. The molecule has 2 rings (SSSR count). The molecule has 4 nitrogen and oxygen atoms in total. The summed E-state index contributed by atoms with van der Waals surface area (Å²) < 4.78 is 0. The molecule has 0 atom stereocenters. The molecule has 0 aliphatic rings. The number of nitrogen functional groups attached to an aromatic ring is 1. The van der Waals surface area contributed by atoms with Crippen LogP contribution in [-0.4, -0.2) is 17.0 Å². The molecule has 1 aromatic carbocycles. The van der Waals surface area contributed by atoms with Crippen LogP contribution in [-0.2, 0) is 6.54 Å². The van der Waals surface area contributed by atoms with E-state index in [1.807, 2.05) is 37.1 Å². The first-order chi connectivity index (χ1) is 9.86. The summed E-state index contributed by atoms with van der Waals surface area (Å²) in [6.45, 7) is 6.85. The second kappa shape index (κ2) is 6.31. The monoisotopic (exact) mass is 304 g/mol. The summed E-state index contributed by atoms with van der Waals surface area (Å²) in [5.74, 6) is 1.08. The summed E-state index contributed by atoms with van der Waals surface area (Å²) in [5.41, 5.74) is 9.51. The van der Waals surface area contributed by atoms with Crippen LogP contribution in [0.15, 0.2) is 24.3 Å². The molecule has 0 aliphatic heterocycles. The number of hydrogen-bond donors (Lipinski definition) is 1. The Labute approximate surface area is 131 Å². The topological polar surface area (TPSA) is 55.0 Å². The van der Waals surface area contributed by atoms with Crippen molar-refractivity contribution in [3.8, 4) is 0 Å². The summed E-state index contributed by atoms with van der Waals surface area (Å²) in [5, 5.41) is 0.702. The van der Waals surface area contributed by atoms with E-state index in [2.05, 4.69) is 23.8 Å². The van der Waals surface area contributed by atoms with Gasteiger partial charge in [0.1, 0.15) is 0 Å². The maximum Gasteiger partial charge on any atom is 0.225 e. The highest BCUT2D eigenvalue weighted by Gasteiger charge is 2.11. The van der Waals surface area contributed by atoms with Crippen LogP contribution in [0.2, 0.25) is 5.02 Å². The van der Waals surface area contributed by atoms with E-state index in [-0.39, 0.29) is 0 Å². The number of hydrogen-bond acceptors (Lipinski definition) is 4. The van der Waals surface area contributed by atoms with Gasteiger partial charge < -0.3 is 10.6 Å². The largest absolute Gasteiger partial charge is 0.399 e. The van der Waals surface area contributed by atoms with Gasteiger partial charge in [-0.15, -0.1) is 0 Å². The van der Waals surface area contributed by atoms with Crippen molar-refractivity contribution in [3.63, 3.8) is 0 Å². The Kier molecular flexibility index (Phi) is 4.68. The van der Waals surface area contributed by atoms with E-state index in [1.165, 1.54) is 0 Å². The molecule has 0 unspecified atom stereocenters. The zero-order valence-corrected chi connectivity index (χ0v) is 13.6. The summed E-state index contributed by atoms with van der Waals surface area (Å²) in [4.78, 5) is 11.1. The van der Waals surface area contributed by atoms with E-state index in [0.29, 0.717) is 29.1 Å². The molecule has 0 aliphatic carbocycles. The van der Waals surface area contributed by atoms with Gasteiger partial charge >= 0.3 is 0 Å². The number of halogens is 1. The van der Waals surface area contributed by atoms with E-state index in [1.54, 1.807) is 6.07 Å². The van der Waals surface area contributed by atoms with Crippen LogP contribution in [0.4, 0.5) is 11.6 Å². The van der Waals surface area contributed by atoms with E-state index < -0.39 is 0 Å². The zero-order chi connectivity index (χ0) is 15.6. The summed E-state index contributed by atoms with van der Waals surface area (Å²) in [7, 11) is 1.96. The smallest absolute Gasteiger partial charge is 0.225 e. The number of anilines is 2. The van der Waals surface area contributed by atoms with Crippen molar-refractivity contribution in [1.82, 2.24) is 9.97 Å². The van der Waals surface area contributed by atoms with Crippen molar-refractivity contribution in [3.05, 3.63) is 46.2 Å². The molecule has 0 saturated heterocycles. The van der Waals surface area contributed by atoms with Gasteiger partial charge in [0, 0.05) is 35.7 Å². The number of benzene rings is 1. The SMILES string of the molecule is Cc1cc(C(C)C)nc(N(C)Cc2cc(N)ccc2Cl)n1. The van der Waals surface area contributed by atoms with Crippen molar-refractivity contribution in [1.29, 1.82) is 0 Å². The van der Waals surface area contributed by atoms with Gasteiger partial charge in [0.15, 0.2) is 0 Å². The Balaban J connectivity index is 2.28. The second-order valence-corrected chi connectivity index (χ2v) is 6.00. The van der Waals surface area contributed by atoms with Gasteiger partial charge in [-0.2, -0.15) is 0 Å². The Morgan fingerprint density at radius 3 is 2.62 bits per heavy atom. The quantitative estimate of drug-likeness (QED) is 0.873. The standard InChI is InChI=1S/C16H21ClN4/c1-10(2)15-7-11(3)19-16(20-15)21(4)9-12-8-13(18)5-6-14(12)17/h5-8,10H,9,18H2,1-4H3. The van der Waals surface area contributed by atoms with Crippen molar-refractivity contribution in [2.75, 3.05) is 17.7 Å². The average molecular weight is 305 g/mol. The highest BCUT2D eigenvalue weighted by Crippen LogP contribution is 2.22. The van der Waals surface area contributed by atoms with E-state index in [4.69, 9.17) is 17.3 Å². The van der Waals surface area contributed by atoms with Gasteiger partial charge in [0.05, 0.1) is 0 Å². The maximum absolute atomic E-state index is 6.22. The third-order valence-electron chi connectivity index (χ3n) is 3.27. The summed E-state index contributed by atoms with van der Waals surface area (Å²) in [6, 6.07) is 7.52. The Morgan fingerprint density at radius 1 is 1.24 bits per heavy atom. The molecule has 21 heavy (non-hydrogen) atoms. The van der Waals surface area contributed by atoms with Crippen LogP contribution in [0.5, 0.6) is 0 Å². The Bertz CT molecular complexity index is 640. The number of aryl methyl sites for hydroxylation is 1. The summed E-state index contributed by atoms with van der Waals surface area (Å²) >= 11 is 6.22. The fourth-order valence-electron chi connectivity index (χ4n) is 2.09. The fourth-order valence-corrected chi connectivity index (χ4v) is 2.26. The van der Waals surface area contributed by atoms with Gasteiger partial charge in [-0.25, -0.2) is 9.97 Å². The predicted molar refractivity (Wildman–Crippen MR) is 88.8 cm³/mol. The molecule has 0 radical (unpaired) electrons. The highest BCUT2D eigenvalue weighted by atomic mass is 35.5. The van der Waals surface area contributed by atoms with Gasteiger partial charge in [0.25, 0.3) is 0 Å². The first-order valence-electron chi connectivity index (χ1n) is 6.97. The molecule has 112 valence electrons.